The van der Waals surface area contributed by atoms with Crippen LogP contribution in [0.15, 0.2) is 42.6 Å². The molecule has 5 heteroatoms. The van der Waals surface area contributed by atoms with Gasteiger partial charge in [-0.2, -0.15) is 0 Å². The molecular weight excluding hydrogens is 264 g/mol. The summed E-state index contributed by atoms with van der Waals surface area (Å²) in [7, 11) is 0. The van der Waals surface area contributed by atoms with E-state index in [1.54, 1.807) is 18.2 Å². The zero-order chi connectivity index (χ0) is 15.1. The normalized spacial score (nSPS) is 10.1. The predicted molar refractivity (Wildman–Crippen MR) is 85.3 cm³/mol. The average molecular weight is 284 g/mol. The highest BCUT2D eigenvalue weighted by atomic mass is 16.1. The minimum atomic E-state index is -0.137. The van der Waals surface area contributed by atoms with Crippen LogP contribution in [-0.2, 0) is 0 Å². The SMILES string of the molecule is Cc1ccc(NCCCNC(=O)c2ccccc2N)nc1. The Morgan fingerprint density at radius 2 is 2.00 bits per heavy atom. The molecule has 0 aliphatic carbocycles. The molecule has 0 aliphatic heterocycles. The Balaban J connectivity index is 1.69. The molecule has 0 spiro atoms. The first-order chi connectivity index (χ1) is 10.2. The molecule has 0 saturated heterocycles. The first-order valence-electron chi connectivity index (χ1n) is 6.96. The quantitative estimate of drug-likeness (QED) is 0.561. The van der Waals surface area contributed by atoms with E-state index < -0.39 is 0 Å². The Morgan fingerprint density at radius 1 is 1.19 bits per heavy atom. The molecule has 0 atom stereocenters. The maximum atomic E-state index is 11.9. The van der Waals surface area contributed by atoms with E-state index in [1.165, 1.54) is 0 Å². The molecule has 1 heterocycles. The molecule has 21 heavy (non-hydrogen) atoms. The molecule has 1 aromatic carbocycles. The van der Waals surface area contributed by atoms with Crippen LogP contribution in [0.4, 0.5) is 11.5 Å². The minimum Gasteiger partial charge on any atom is -0.398 e. The van der Waals surface area contributed by atoms with Crippen molar-refractivity contribution in [3.8, 4) is 0 Å². The van der Waals surface area contributed by atoms with Gasteiger partial charge in [-0.3, -0.25) is 4.79 Å². The number of carbonyl (C=O) groups excluding carboxylic acids is 1. The summed E-state index contributed by atoms with van der Waals surface area (Å²) in [6.07, 6.45) is 2.64. The number of anilines is 2. The van der Waals surface area contributed by atoms with Gasteiger partial charge >= 0.3 is 0 Å². The van der Waals surface area contributed by atoms with Crippen molar-refractivity contribution < 1.29 is 4.79 Å². The molecule has 0 aliphatic rings. The summed E-state index contributed by atoms with van der Waals surface area (Å²) in [4.78, 5) is 16.2. The molecular formula is C16H20N4O. The molecule has 0 bridgehead atoms. The number of hydrogen-bond donors (Lipinski definition) is 3. The van der Waals surface area contributed by atoms with Crippen LogP contribution in [0.5, 0.6) is 0 Å². The van der Waals surface area contributed by atoms with Crippen molar-refractivity contribution in [2.45, 2.75) is 13.3 Å². The molecule has 2 aromatic rings. The number of nitrogen functional groups attached to an aromatic ring is 1. The Kier molecular flexibility index (Phi) is 5.15. The Bertz CT molecular complexity index is 595. The molecule has 0 saturated carbocycles. The summed E-state index contributed by atoms with van der Waals surface area (Å²) in [6, 6.07) is 11.0. The summed E-state index contributed by atoms with van der Waals surface area (Å²) in [5, 5.41) is 6.07. The molecule has 1 aromatic heterocycles. The van der Waals surface area contributed by atoms with Crippen molar-refractivity contribution >= 4 is 17.4 Å². The zero-order valence-corrected chi connectivity index (χ0v) is 12.1. The molecule has 4 N–H and O–H groups in total. The van der Waals surface area contributed by atoms with Crippen molar-refractivity contribution in [2.24, 2.45) is 0 Å². The van der Waals surface area contributed by atoms with Crippen LogP contribution >= 0.6 is 0 Å². The summed E-state index contributed by atoms with van der Waals surface area (Å²) in [6.45, 7) is 3.34. The van der Waals surface area contributed by atoms with Crippen molar-refractivity contribution in [3.63, 3.8) is 0 Å². The van der Waals surface area contributed by atoms with Gasteiger partial charge in [-0.05, 0) is 37.1 Å². The predicted octanol–water partition coefficient (Wildman–Crippen LogP) is 2.20. The second-order valence-corrected chi connectivity index (χ2v) is 4.84. The number of pyridine rings is 1. The second-order valence-electron chi connectivity index (χ2n) is 4.84. The lowest BCUT2D eigenvalue weighted by atomic mass is 10.1. The van der Waals surface area contributed by atoms with Crippen LogP contribution in [0.25, 0.3) is 0 Å². The number of nitrogens with two attached hydrogens (primary N) is 1. The summed E-state index contributed by atoms with van der Waals surface area (Å²) >= 11 is 0. The lowest BCUT2D eigenvalue weighted by molar-refractivity contribution is 0.0954. The molecule has 2 rings (SSSR count). The molecule has 0 unspecified atom stereocenters. The van der Waals surface area contributed by atoms with Gasteiger partial charge < -0.3 is 16.4 Å². The fourth-order valence-corrected chi connectivity index (χ4v) is 1.88. The van der Waals surface area contributed by atoms with Crippen molar-refractivity contribution in [1.29, 1.82) is 0 Å². The fourth-order valence-electron chi connectivity index (χ4n) is 1.88. The van der Waals surface area contributed by atoms with Crippen LogP contribution in [0.3, 0.4) is 0 Å². The van der Waals surface area contributed by atoms with Gasteiger partial charge in [0.2, 0.25) is 0 Å². The highest BCUT2D eigenvalue weighted by Crippen LogP contribution is 2.09. The van der Waals surface area contributed by atoms with E-state index >= 15 is 0 Å². The van der Waals surface area contributed by atoms with Gasteiger partial charge in [0.15, 0.2) is 0 Å². The number of nitrogens with one attached hydrogen (secondary N) is 2. The number of hydrogen-bond acceptors (Lipinski definition) is 4. The van der Waals surface area contributed by atoms with E-state index in [0.29, 0.717) is 17.8 Å². The number of aryl methyl sites for hydroxylation is 1. The second kappa shape index (κ2) is 7.28. The average Bonchev–Trinajstić information content (AvgIpc) is 2.49. The Labute approximate surface area is 124 Å². The Morgan fingerprint density at radius 3 is 2.71 bits per heavy atom. The first kappa shape index (κ1) is 14.8. The van der Waals surface area contributed by atoms with Gasteiger partial charge in [0.25, 0.3) is 5.91 Å². The minimum absolute atomic E-state index is 0.137. The number of benzene rings is 1. The maximum absolute atomic E-state index is 11.9. The van der Waals surface area contributed by atoms with Gasteiger partial charge in [-0.15, -0.1) is 0 Å². The number of para-hydroxylation sites is 1. The van der Waals surface area contributed by atoms with Gasteiger partial charge in [0.05, 0.1) is 5.56 Å². The van der Waals surface area contributed by atoms with Crippen LogP contribution in [0.2, 0.25) is 0 Å². The van der Waals surface area contributed by atoms with Crippen molar-refractivity contribution in [1.82, 2.24) is 10.3 Å². The summed E-state index contributed by atoms with van der Waals surface area (Å²) in [5.41, 5.74) is 7.91. The number of carbonyl (C=O) groups is 1. The smallest absolute Gasteiger partial charge is 0.253 e. The summed E-state index contributed by atoms with van der Waals surface area (Å²) < 4.78 is 0. The van der Waals surface area contributed by atoms with Crippen LogP contribution < -0.4 is 16.4 Å². The number of rotatable bonds is 6. The molecule has 1 amide bonds. The molecule has 0 radical (unpaired) electrons. The zero-order valence-electron chi connectivity index (χ0n) is 12.1. The third-order valence-electron chi connectivity index (χ3n) is 3.06. The summed E-state index contributed by atoms with van der Waals surface area (Å²) in [5.74, 6) is 0.709. The third kappa shape index (κ3) is 4.49. The van der Waals surface area contributed by atoms with E-state index in [1.807, 2.05) is 31.3 Å². The van der Waals surface area contributed by atoms with Gasteiger partial charge in [-0.1, -0.05) is 18.2 Å². The monoisotopic (exact) mass is 284 g/mol. The fraction of sp³-hybridized carbons (Fsp3) is 0.250. The van der Waals surface area contributed by atoms with E-state index in [9.17, 15) is 4.79 Å². The number of aromatic nitrogens is 1. The lowest BCUT2D eigenvalue weighted by Gasteiger charge is -2.08. The van der Waals surface area contributed by atoms with Gasteiger partial charge in [0.1, 0.15) is 5.82 Å². The van der Waals surface area contributed by atoms with Gasteiger partial charge in [0, 0.05) is 25.0 Å². The molecule has 0 fully saturated rings. The lowest BCUT2D eigenvalue weighted by Crippen LogP contribution is -2.26. The topological polar surface area (TPSA) is 80.0 Å². The Hall–Kier alpha value is -2.56. The maximum Gasteiger partial charge on any atom is 0.253 e. The largest absolute Gasteiger partial charge is 0.398 e. The number of amides is 1. The molecule has 110 valence electrons. The highest BCUT2D eigenvalue weighted by Gasteiger charge is 2.07. The van der Waals surface area contributed by atoms with Gasteiger partial charge in [-0.25, -0.2) is 4.98 Å². The molecule has 5 nitrogen and oxygen atoms in total. The van der Waals surface area contributed by atoms with E-state index in [4.69, 9.17) is 5.73 Å². The number of nitrogens with zero attached hydrogens (tertiary/aromatic N) is 1. The van der Waals surface area contributed by atoms with Crippen LogP contribution in [0.1, 0.15) is 22.3 Å². The van der Waals surface area contributed by atoms with Crippen molar-refractivity contribution in [3.05, 3.63) is 53.7 Å². The van der Waals surface area contributed by atoms with Crippen molar-refractivity contribution in [2.75, 3.05) is 24.1 Å². The standard InChI is InChI=1S/C16H20N4O/c1-12-7-8-15(20-11-12)18-9-4-10-19-16(21)13-5-2-3-6-14(13)17/h2-3,5-8,11H,4,9-10,17H2,1H3,(H,18,20)(H,19,21). The van der Waals surface area contributed by atoms with E-state index in [0.717, 1.165) is 24.3 Å². The first-order valence-corrected chi connectivity index (χ1v) is 6.96. The highest BCUT2D eigenvalue weighted by molar-refractivity contribution is 5.98. The van der Waals surface area contributed by atoms with Crippen LogP contribution in [-0.4, -0.2) is 24.0 Å². The van der Waals surface area contributed by atoms with Crippen LogP contribution in [0, 0.1) is 6.92 Å². The van der Waals surface area contributed by atoms with E-state index in [-0.39, 0.29) is 5.91 Å². The third-order valence-corrected chi connectivity index (χ3v) is 3.06. The van der Waals surface area contributed by atoms with E-state index in [2.05, 4.69) is 15.6 Å².